The maximum Gasteiger partial charge on any atom is 0.288 e. The lowest BCUT2D eigenvalue weighted by Gasteiger charge is -2.37. The van der Waals surface area contributed by atoms with Gasteiger partial charge in [-0.3, -0.25) is 14.9 Å². The molecule has 0 aromatic carbocycles. The number of rotatable bonds is 5. The Labute approximate surface area is 121 Å². The lowest BCUT2D eigenvalue weighted by atomic mass is 9.76. The van der Waals surface area contributed by atoms with E-state index in [4.69, 9.17) is 0 Å². The summed E-state index contributed by atoms with van der Waals surface area (Å²) in [6, 6.07) is 5.65. The summed E-state index contributed by atoms with van der Waals surface area (Å²) in [5, 5.41) is 18.7. The number of nitrogens with zero attached hydrogens (tertiary/aromatic N) is 3. The van der Waals surface area contributed by atoms with Crippen LogP contribution < -0.4 is 5.32 Å². The predicted octanol–water partition coefficient (Wildman–Crippen LogP) is 0.312. The van der Waals surface area contributed by atoms with Crippen LogP contribution in [0.5, 0.6) is 0 Å². The lowest BCUT2D eigenvalue weighted by molar-refractivity contribution is 0.0236. The Morgan fingerprint density at radius 3 is 2.90 bits per heavy atom. The fraction of sp³-hybridized carbons (Fsp3) is 0.429. The zero-order chi connectivity index (χ0) is 14.7. The average Bonchev–Trinajstić information content (AvgIpc) is 2.98. The quantitative estimate of drug-likeness (QED) is 0.734. The van der Waals surface area contributed by atoms with Crippen molar-refractivity contribution >= 4 is 5.91 Å². The topological polar surface area (TPSA) is 104 Å². The third-order valence-corrected chi connectivity index (χ3v) is 3.82. The van der Waals surface area contributed by atoms with Gasteiger partial charge in [-0.05, 0) is 30.9 Å². The fourth-order valence-corrected chi connectivity index (χ4v) is 2.59. The summed E-state index contributed by atoms with van der Waals surface area (Å²) in [6.07, 6.45) is 4.82. The highest BCUT2D eigenvalue weighted by molar-refractivity contribution is 5.90. The van der Waals surface area contributed by atoms with E-state index >= 15 is 0 Å². The van der Waals surface area contributed by atoms with E-state index in [9.17, 15) is 9.90 Å². The zero-order valence-electron chi connectivity index (χ0n) is 11.4. The maximum absolute atomic E-state index is 12.1. The van der Waals surface area contributed by atoms with Crippen LogP contribution in [0.25, 0.3) is 0 Å². The van der Waals surface area contributed by atoms with Gasteiger partial charge in [-0.15, -0.1) is 0 Å². The molecule has 7 heteroatoms. The molecule has 3 N–H and O–H groups in total. The highest BCUT2D eigenvalue weighted by Gasteiger charge is 2.35. The van der Waals surface area contributed by atoms with Crippen molar-refractivity contribution in [1.82, 2.24) is 25.5 Å². The number of amides is 1. The van der Waals surface area contributed by atoms with Crippen LogP contribution in [0.3, 0.4) is 0 Å². The van der Waals surface area contributed by atoms with Gasteiger partial charge >= 0.3 is 0 Å². The lowest BCUT2D eigenvalue weighted by Crippen LogP contribution is -2.48. The fourth-order valence-electron chi connectivity index (χ4n) is 2.59. The van der Waals surface area contributed by atoms with Gasteiger partial charge in [0.2, 0.25) is 5.82 Å². The van der Waals surface area contributed by atoms with E-state index in [1.54, 1.807) is 6.20 Å². The highest BCUT2D eigenvalue weighted by Crippen LogP contribution is 2.31. The summed E-state index contributed by atoms with van der Waals surface area (Å²) in [6.45, 7) is 0. The van der Waals surface area contributed by atoms with E-state index in [1.807, 2.05) is 18.2 Å². The van der Waals surface area contributed by atoms with Gasteiger partial charge in [-0.25, -0.2) is 4.98 Å². The second-order valence-electron chi connectivity index (χ2n) is 5.32. The molecule has 1 fully saturated rings. The van der Waals surface area contributed by atoms with Crippen LogP contribution in [-0.4, -0.2) is 43.3 Å². The SMILES string of the molecule is O=C(N[C@@H](Cc1ccccn1)C1CC(O)C1)c1ncn[nH]1. The van der Waals surface area contributed by atoms with Gasteiger partial charge in [-0.2, -0.15) is 5.10 Å². The number of carbonyl (C=O) groups excluding carboxylic acids is 1. The molecule has 1 saturated carbocycles. The number of aliphatic hydroxyl groups is 1. The van der Waals surface area contributed by atoms with Crippen LogP contribution in [-0.2, 0) is 6.42 Å². The van der Waals surface area contributed by atoms with Crippen molar-refractivity contribution in [1.29, 1.82) is 0 Å². The van der Waals surface area contributed by atoms with Crippen molar-refractivity contribution in [2.75, 3.05) is 0 Å². The maximum atomic E-state index is 12.1. The monoisotopic (exact) mass is 287 g/mol. The Kier molecular flexibility index (Phi) is 3.92. The Balaban J connectivity index is 1.69. The van der Waals surface area contributed by atoms with Crippen molar-refractivity contribution in [3.8, 4) is 0 Å². The Hall–Kier alpha value is -2.28. The minimum Gasteiger partial charge on any atom is -0.393 e. The van der Waals surface area contributed by atoms with Crippen LogP contribution in [0.1, 0.15) is 29.2 Å². The number of H-pyrrole nitrogens is 1. The molecule has 21 heavy (non-hydrogen) atoms. The summed E-state index contributed by atoms with van der Waals surface area (Å²) in [4.78, 5) is 20.3. The van der Waals surface area contributed by atoms with Gasteiger partial charge in [0.15, 0.2) is 0 Å². The molecule has 1 amide bonds. The predicted molar refractivity (Wildman–Crippen MR) is 74.3 cm³/mol. The second-order valence-corrected chi connectivity index (χ2v) is 5.32. The molecule has 0 spiro atoms. The standard InChI is InChI=1S/C14H17N5O2/c20-11-5-9(6-11)12(7-10-3-1-2-4-15-10)18-14(21)13-16-8-17-19-13/h1-4,8-9,11-12,20H,5-7H2,(H,18,21)(H,16,17,19)/t9?,11?,12-/m0/s1. The summed E-state index contributed by atoms with van der Waals surface area (Å²) in [5.41, 5.74) is 0.918. The Bertz CT molecular complexity index is 581. The van der Waals surface area contributed by atoms with E-state index in [0.717, 1.165) is 5.69 Å². The molecule has 110 valence electrons. The minimum atomic E-state index is -0.283. The minimum absolute atomic E-state index is 0.0686. The molecule has 0 saturated heterocycles. The molecule has 2 aromatic heterocycles. The number of hydrogen-bond acceptors (Lipinski definition) is 5. The number of carbonyl (C=O) groups is 1. The third kappa shape index (κ3) is 3.25. The Morgan fingerprint density at radius 1 is 1.43 bits per heavy atom. The third-order valence-electron chi connectivity index (χ3n) is 3.82. The first-order valence-corrected chi connectivity index (χ1v) is 6.96. The smallest absolute Gasteiger partial charge is 0.288 e. The molecule has 2 heterocycles. The number of pyridine rings is 1. The van der Waals surface area contributed by atoms with Crippen molar-refractivity contribution < 1.29 is 9.90 Å². The van der Waals surface area contributed by atoms with Gasteiger partial charge in [0.1, 0.15) is 6.33 Å². The van der Waals surface area contributed by atoms with E-state index in [0.29, 0.717) is 19.3 Å². The van der Waals surface area contributed by atoms with Crippen molar-refractivity contribution in [3.63, 3.8) is 0 Å². The van der Waals surface area contributed by atoms with Gasteiger partial charge in [0, 0.05) is 24.4 Å². The molecule has 0 unspecified atom stereocenters. The van der Waals surface area contributed by atoms with E-state index in [-0.39, 0.29) is 29.8 Å². The van der Waals surface area contributed by atoms with E-state index in [2.05, 4.69) is 25.5 Å². The van der Waals surface area contributed by atoms with E-state index < -0.39 is 0 Å². The number of nitrogens with one attached hydrogen (secondary N) is 2. The van der Waals surface area contributed by atoms with E-state index in [1.165, 1.54) is 6.33 Å². The first kappa shape index (κ1) is 13.7. The van der Waals surface area contributed by atoms with Crippen LogP contribution in [0, 0.1) is 5.92 Å². The molecule has 1 aliphatic carbocycles. The number of aromatic nitrogens is 4. The molecular weight excluding hydrogens is 270 g/mol. The second kappa shape index (κ2) is 6.01. The Morgan fingerprint density at radius 2 is 2.29 bits per heavy atom. The van der Waals surface area contributed by atoms with Crippen LogP contribution >= 0.6 is 0 Å². The molecule has 1 aliphatic rings. The first-order chi connectivity index (χ1) is 10.2. The largest absolute Gasteiger partial charge is 0.393 e. The van der Waals surface area contributed by atoms with Gasteiger partial charge < -0.3 is 10.4 Å². The van der Waals surface area contributed by atoms with Crippen LogP contribution in [0.15, 0.2) is 30.7 Å². The summed E-state index contributed by atoms with van der Waals surface area (Å²) in [5.74, 6) is 0.171. The molecule has 0 aliphatic heterocycles. The summed E-state index contributed by atoms with van der Waals surface area (Å²) >= 11 is 0. The normalized spacial score (nSPS) is 22.3. The molecular formula is C14H17N5O2. The summed E-state index contributed by atoms with van der Waals surface area (Å²) < 4.78 is 0. The molecule has 2 aromatic rings. The average molecular weight is 287 g/mol. The van der Waals surface area contributed by atoms with Crippen molar-refractivity contribution in [2.24, 2.45) is 5.92 Å². The number of hydrogen-bond donors (Lipinski definition) is 3. The molecule has 1 atom stereocenters. The van der Waals surface area contributed by atoms with Crippen molar-refractivity contribution in [2.45, 2.75) is 31.4 Å². The first-order valence-electron chi connectivity index (χ1n) is 6.96. The molecule has 0 radical (unpaired) electrons. The number of aromatic amines is 1. The zero-order valence-corrected chi connectivity index (χ0v) is 11.4. The van der Waals surface area contributed by atoms with Crippen LogP contribution in [0.2, 0.25) is 0 Å². The van der Waals surface area contributed by atoms with Crippen molar-refractivity contribution in [3.05, 3.63) is 42.2 Å². The molecule has 3 rings (SSSR count). The summed E-state index contributed by atoms with van der Waals surface area (Å²) in [7, 11) is 0. The molecule has 7 nitrogen and oxygen atoms in total. The van der Waals surface area contributed by atoms with Crippen LogP contribution in [0.4, 0.5) is 0 Å². The van der Waals surface area contributed by atoms with Gasteiger partial charge in [-0.1, -0.05) is 6.07 Å². The van der Waals surface area contributed by atoms with Gasteiger partial charge in [0.05, 0.1) is 6.10 Å². The van der Waals surface area contributed by atoms with Gasteiger partial charge in [0.25, 0.3) is 5.91 Å². The molecule has 0 bridgehead atoms. The number of aliphatic hydroxyl groups excluding tert-OH is 1. The highest BCUT2D eigenvalue weighted by atomic mass is 16.3.